The summed E-state index contributed by atoms with van der Waals surface area (Å²) >= 11 is 0. The van der Waals surface area contributed by atoms with Gasteiger partial charge in [-0.2, -0.15) is 0 Å². The highest BCUT2D eigenvalue weighted by Crippen LogP contribution is 2.43. The number of hydrogen-bond donors (Lipinski definition) is 1. The first-order valence-corrected chi connectivity index (χ1v) is 7.37. The summed E-state index contributed by atoms with van der Waals surface area (Å²) in [7, 11) is 3.03. The molecule has 4 heteroatoms. The first-order chi connectivity index (χ1) is 10.5. The number of aryl methyl sites for hydroxylation is 3. The number of fused-ring (bicyclic) bond motifs is 1. The SMILES string of the molecule is CCCc1c(OC)c(OC)c(C(=O)O)c2cc(C)c(C)cc12. The minimum Gasteiger partial charge on any atom is -0.493 e. The molecular formula is C18H22O4. The molecule has 2 rings (SSSR count). The fourth-order valence-corrected chi connectivity index (χ4v) is 2.89. The standard InChI is InChI=1S/C18H22O4/c1-6-7-12-13-8-10(2)11(3)9-14(13)15(18(19)20)17(22-5)16(12)21-4/h8-9H,6-7H2,1-5H3,(H,19,20). The Balaban J connectivity index is 3.05. The maximum atomic E-state index is 11.8. The Morgan fingerprint density at radius 1 is 1.05 bits per heavy atom. The summed E-state index contributed by atoms with van der Waals surface area (Å²) in [6.45, 7) is 6.10. The van der Waals surface area contributed by atoms with Crippen molar-refractivity contribution in [2.24, 2.45) is 0 Å². The molecule has 0 fully saturated rings. The highest BCUT2D eigenvalue weighted by atomic mass is 16.5. The highest BCUT2D eigenvalue weighted by molar-refractivity contribution is 6.09. The van der Waals surface area contributed by atoms with Crippen LogP contribution < -0.4 is 9.47 Å². The van der Waals surface area contributed by atoms with Crippen molar-refractivity contribution in [3.05, 3.63) is 34.4 Å². The van der Waals surface area contributed by atoms with Gasteiger partial charge in [-0.25, -0.2) is 4.79 Å². The Kier molecular flexibility index (Phi) is 4.59. The molecule has 118 valence electrons. The van der Waals surface area contributed by atoms with Crippen LogP contribution in [0.1, 0.15) is 40.4 Å². The van der Waals surface area contributed by atoms with Gasteiger partial charge in [0.15, 0.2) is 11.5 Å². The number of carboxylic acid groups (broad SMARTS) is 1. The predicted octanol–water partition coefficient (Wildman–Crippen LogP) is 4.12. The van der Waals surface area contributed by atoms with E-state index in [-0.39, 0.29) is 5.56 Å². The monoisotopic (exact) mass is 302 g/mol. The maximum Gasteiger partial charge on any atom is 0.340 e. The Bertz CT molecular complexity index is 732. The molecule has 0 aliphatic carbocycles. The molecule has 0 saturated heterocycles. The first-order valence-electron chi connectivity index (χ1n) is 7.37. The van der Waals surface area contributed by atoms with Crippen molar-refractivity contribution in [2.75, 3.05) is 14.2 Å². The zero-order chi connectivity index (χ0) is 16.4. The second-order valence-electron chi connectivity index (χ2n) is 5.46. The molecule has 0 aromatic heterocycles. The number of carboxylic acids is 1. The van der Waals surface area contributed by atoms with Gasteiger partial charge in [-0.15, -0.1) is 0 Å². The summed E-state index contributed by atoms with van der Waals surface area (Å²) < 4.78 is 10.9. The number of rotatable bonds is 5. The van der Waals surface area contributed by atoms with Gasteiger partial charge in [0.05, 0.1) is 14.2 Å². The fourth-order valence-electron chi connectivity index (χ4n) is 2.89. The van der Waals surface area contributed by atoms with Crippen LogP contribution in [0.15, 0.2) is 12.1 Å². The molecule has 0 heterocycles. The van der Waals surface area contributed by atoms with E-state index in [1.165, 1.54) is 7.11 Å². The number of hydrogen-bond acceptors (Lipinski definition) is 3. The van der Waals surface area contributed by atoms with Crippen LogP contribution in [0.4, 0.5) is 0 Å². The molecule has 2 aromatic carbocycles. The third kappa shape index (κ3) is 2.49. The molecule has 0 unspecified atom stereocenters. The van der Waals surface area contributed by atoms with Gasteiger partial charge in [0.2, 0.25) is 0 Å². The molecule has 0 amide bonds. The van der Waals surface area contributed by atoms with E-state index < -0.39 is 5.97 Å². The van der Waals surface area contributed by atoms with Gasteiger partial charge in [-0.05, 0) is 36.8 Å². The van der Waals surface area contributed by atoms with Crippen LogP contribution in [0.2, 0.25) is 0 Å². The molecule has 0 saturated carbocycles. The third-order valence-electron chi connectivity index (χ3n) is 4.06. The predicted molar refractivity (Wildman–Crippen MR) is 87.5 cm³/mol. The van der Waals surface area contributed by atoms with E-state index in [4.69, 9.17) is 9.47 Å². The number of methoxy groups -OCH3 is 2. The smallest absolute Gasteiger partial charge is 0.340 e. The van der Waals surface area contributed by atoms with E-state index in [0.29, 0.717) is 16.9 Å². The van der Waals surface area contributed by atoms with Crippen LogP contribution >= 0.6 is 0 Å². The van der Waals surface area contributed by atoms with Gasteiger partial charge in [0, 0.05) is 10.9 Å². The van der Waals surface area contributed by atoms with E-state index in [2.05, 4.69) is 6.92 Å². The van der Waals surface area contributed by atoms with Crippen molar-refractivity contribution < 1.29 is 19.4 Å². The lowest BCUT2D eigenvalue weighted by Crippen LogP contribution is -2.07. The molecule has 0 radical (unpaired) electrons. The molecule has 0 bridgehead atoms. The summed E-state index contributed by atoms with van der Waals surface area (Å²) in [5.74, 6) is -0.182. The summed E-state index contributed by atoms with van der Waals surface area (Å²) in [5.41, 5.74) is 3.36. The van der Waals surface area contributed by atoms with Crippen LogP contribution in [-0.2, 0) is 6.42 Å². The van der Waals surface area contributed by atoms with E-state index in [1.54, 1.807) is 7.11 Å². The highest BCUT2D eigenvalue weighted by Gasteiger charge is 2.25. The molecule has 1 N–H and O–H groups in total. The van der Waals surface area contributed by atoms with Gasteiger partial charge < -0.3 is 14.6 Å². The van der Waals surface area contributed by atoms with E-state index in [9.17, 15) is 9.90 Å². The van der Waals surface area contributed by atoms with Crippen molar-refractivity contribution in [3.63, 3.8) is 0 Å². The van der Waals surface area contributed by atoms with E-state index in [1.807, 2.05) is 26.0 Å². The number of benzene rings is 2. The van der Waals surface area contributed by atoms with Gasteiger partial charge in [0.1, 0.15) is 5.56 Å². The lowest BCUT2D eigenvalue weighted by molar-refractivity contribution is 0.0695. The topological polar surface area (TPSA) is 55.8 Å². The Morgan fingerprint density at radius 2 is 1.59 bits per heavy atom. The number of aromatic carboxylic acids is 1. The molecule has 22 heavy (non-hydrogen) atoms. The van der Waals surface area contributed by atoms with Crippen LogP contribution in [0, 0.1) is 13.8 Å². The molecule has 0 aliphatic heterocycles. The number of carbonyl (C=O) groups is 1. The average molecular weight is 302 g/mol. The second kappa shape index (κ2) is 6.26. The minimum absolute atomic E-state index is 0.164. The second-order valence-corrected chi connectivity index (χ2v) is 5.46. The Morgan fingerprint density at radius 3 is 2.05 bits per heavy atom. The normalized spacial score (nSPS) is 10.8. The van der Waals surface area contributed by atoms with Crippen molar-refractivity contribution in [3.8, 4) is 11.5 Å². The summed E-state index contributed by atoms with van der Waals surface area (Å²) in [6, 6.07) is 3.97. The fraction of sp³-hybridized carbons (Fsp3) is 0.389. The van der Waals surface area contributed by atoms with Gasteiger partial charge in [0.25, 0.3) is 0 Å². The summed E-state index contributed by atoms with van der Waals surface area (Å²) in [4.78, 5) is 11.8. The average Bonchev–Trinajstić information content (AvgIpc) is 2.48. The molecule has 0 atom stereocenters. The Hall–Kier alpha value is -2.23. The quantitative estimate of drug-likeness (QED) is 0.902. The van der Waals surface area contributed by atoms with Crippen LogP contribution in [0.3, 0.4) is 0 Å². The zero-order valence-corrected chi connectivity index (χ0v) is 13.7. The van der Waals surface area contributed by atoms with Gasteiger partial charge >= 0.3 is 5.97 Å². The molecule has 0 spiro atoms. The van der Waals surface area contributed by atoms with Crippen molar-refractivity contribution >= 4 is 16.7 Å². The summed E-state index contributed by atoms with van der Waals surface area (Å²) in [6.07, 6.45) is 1.74. The number of ether oxygens (including phenoxy) is 2. The summed E-state index contributed by atoms with van der Waals surface area (Å²) in [5, 5.41) is 11.3. The van der Waals surface area contributed by atoms with Crippen LogP contribution in [0.5, 0.6) is 11.5 Å². The van der Waals surface area contributed by atoms with Crippen molar-refractivity contribution in [2.45, 2.75) is 33.6 Å². The lowest BCUT2D eigenvalue weighted by atomic mass is 9.91. The van der Waals surface area contributed by atoms with Crippen LogP contribution in [-0.4, -0.2) is 25.3 Å². The minimum atomic E-state index is -1.01. The molecule has 4 nitrogen and oxygen atoms in total. The lowest BCUT2D eigenvalue weighted by Gasteiger charge is -2.19. The molecule has 0 aliphatic rings. The molecular weight excluding hydrogens is 280 g/mol. The van der Waals surface area contributed by atoms with Crippen molar-refractivity contribution in [1.82, 2.24) is 0 Å². The van der Waals surface area contributed by atoms with Crippen molar-refractivity contribution in [1.29, 1.82) is 0 Å². The largest absolute Gasteiger partial charge is 0.493 e. The van der Waals surface area contributed by atoms with E-state index in [0.717, 1.165) is 34.9 Å². The maximum absolute atomic E-state index is 11.8. The van der Waals surface area contributed by atoms with Gasteiger partial charge in [-0.3, -0.25) is 0 Å². The zero-order valence-electron chi connectivity index (χ0n) is 13.7. The first kappa shape index (κ1) is 16.1. The van der Waals surface area contributed by atoms with Gasteiger partial charge in [-0.1, -0.05) is 25.5 Å². The van der Waals surface area contributed by atoms with E-state index >= 15 is 0 Å². The Labute approximate surface area is 130 Å². The molecule has 2 aromatic rings. The third-order valence-corrected chi connectivity index (χ3v) is 4.06. The van der Waals surface area contributed by atoms with Crippen LogP contribution in [0.25, 0.3) is 10.8 Å².